The maximum absolute atomic E-state index is 14.0. The monoisotopic (exact) mass is 938 g/mol. The Morgan fingerprint density at radius 3 is 1.30 bits per heavy atom. The quantitative estimate of drug-likeness (QED) is 0.139. The van der Waals surface area contributed by atoms with Gasteiger partial charge in [0.25, 0.3) is 0 Å². The number of anilines is 2. The third-order valence-electron chi connectivity index (χ3n) is 9.70. The molecule has 0 spiro atoms. The van der Waals surface area contributed by atoms with E-state index < -0.39 is 53.1 Å². The van der Waals surface area contributed by atoms with Crippen LogP contribution in [0, 0.1) is 37.1 Å². The predicted octanol–water partition coefficient (Wildman–Crippen LogP) is 9.12. The summed E-state index contributed by atoms with van der Waals surface area (Å²) in [5, 5.41) is 6.48. The van der Waals surface area contributed by atoms with Crippen molar-refractivity contribution in [2.45, 2.75) is 23.6 Å². The largest absolute Gasteiger partial charge is 0.345 e. The number of aromatic nitrogens is 2. The van der Waals surface area contributed by atoms with Crippen LogP contribution in [0.2, 0.25) is 10.0 Å². The van der Waals surface area contributed by atoms with Gasteiger partial charge in [-0.25, -0.2) is 44.4 Å². The van der Waals surface area contributed by atoms with Gasteiger partial charge in [-0.05, 0) is 68.4 Å². The van der Waals surface area contributed by atoms with Crippen molar-refractivity contribution in [2.75, 3.05) is 62.2 Å². The van der Waals surface area contributed by atoms with Crippen LogP contribution >= 0.6 is 45.9 Å². The van der Waals surface area contributed by atoms with Crippen molar-refractivity contribution in [3.8, 4) is 22.5 Å². The molecule has 8 rings (SSSR count). The molecule has 2 aliphatic heterocycles. The highest BCUT2D eigenvalue weighted by atomic mass is 35.5. The zero-order valence-electron chi connectivity index (χ0n) is 32.0. The first-order valence-corrected chi connectivity index (χ1v) is 23.7. The average Bonchev–Trinajstić information content (AvgIpc) is 3.89. The smallest absolute Gasteiger partial charge is 0.246 e. The summed E-state index contributed by atoms with van der Waals surface area (Å²) >= 11 is 15.1. The van der Waals surface area contributed by atoms with E-state index in [1.165, 1.54) is 42.4 Å². The van der Waals surface area contributed by atoms with Crippen molar-refractivity contribution < 1.29 is 34.4 Å². The summed E-state index contributed by atoms with van der Waals surface area (Å²) in [6.45, 7) is 6.52. The van der Waals surface area contributed by atoms with E-state index in [1.54, 1.807) is 18.2 Å². The Balaban J connectivity index is 0.000000181. The lowest BCUT2D eigenvalue weighted by molar-refractivity contribution is 0.381. The first-order chi connectivity index (χ1) is 28.5. The lowest BCUT2D eigenvalue weighted by Crippen LogP contribution is -2.48. The number of aryl methyl sites for hydroxylation is 2. The van der Waals surface area contributed by atoms with E-state index in [9.17, 15) is 34.4 Å². The van der Waals surface area contributed by atoms with Gasteiger partial charge in [0.15, 0.2) is 10.3 Å². The number of thiazole rings is 2. The molecule has 0 radical (unpaired) electrons. The summed E-state index contributed by atoms with van der Waals surface area (Å²) in [6.07, 6.45) is 0. The Labute approximate surface area is 363 Å². The molecule has 316 valence electrons. The lowest BCUT2D eigenvalue weighted by atomic mass is 10.1. The Morgan fingerprint density at radius 2 is 0.917 bits per heavy atom. The van der Waals surface area contributed by atoms with Gasteiger partial charge in [-0.15, -0.1) is 22.7 Å². The number of nitrogens with zero attached hydrogens (tertiary/aromatic N) is 6. The Kier molecular flexibility index (Phi) is 13.2. The molecule has 6 aromatic rings. The van der Waals surface area contributed by atoms with Gasteiger partial charge in [-0.2, -0.15) is 8.61 Å². The minimum absolute atomic E-state index is 0.164. The van der Waals surface area contributed by atoms with E-state index in [0.29, 0.717) is 48.4 Å². The number of hydrogen-bond acceptors (Lipinski definition) is 10. The van der Waals surface area contributed by atoms with E-state index in [2.05, 4.69) is 23.2 Å². The fourth-order valence-corrected chi connectivity index (χ4v) is 12.0. The van der Waals surface area contributed by atoms with E-state index in [4.69, 9.17) is 28.2 Å². The van der Waals surface area contributed by atoms with E-state index in [1.807, 2.05) is 34.4 Å². The highest BCUT2D eigenvalue weighted by Gasteiger charge is 2.33. The number of piperazine rings is 2. The van der Waals surface area contributed by atoms with Crippen molar-refractivity contribution in [2.24, 2.45) is 0 Å². The molecule has 2 aromatic heterocycles. The molecule has 20 heteroatoms. The number of sulfonamides is 2. The van der Waals surface area contributed by atoms with E-state index in [0.717, 1.165) is 57.0 Å². The molecule has 0 aliphatic carbocycles. The van der Waals surface area contributed by atoms with Crippen molar-refractivity contribution in [3.05, 3.63) is 128 Å². The molecule has 2 fully saturated rings. The van der Waals surface area contributed by atoms with Crippen LogP contribution in [0.3, 0.4) is 0 Å². The first kappa shape index (κ1) is 43.9. The summed E-state index contributed by atoms with van der Waals surface area (Å²) in [4.78, 5) is 12.3. The normalized spacial score (nSPS) is 15.5. The second-order valence-corrected chi connectivity index (χ2v) is 20.4. The maximum Gasteiger partial charge on any atom is 0.246 e. The molecule has 0 bridgehead atoms. The number of hydrogen-bond donors (Lipinski definition) is 0. The van der Waals surface area contributed by atoms with Gasteiger partial charge < -0.3 is 9.80 Å². The highest BCUT2D eigenvalue weighted by Crippen LogP contribution is 2.33. The van der Waals surface area contributed by atoms with Gasteiger partial charge in [0.2, 0.25) is 20.0 Å². The van der Waals surface area contributed by atoms with Gasteiger partial charge in [0.1, 0.15) is 33.1 Å². The second kappa shape index (κ2) is 18.1. The molecule has 0 saturated carbocycles. The third kappa shape index (κ3) is 9.81. The summed E-state index contributed by atoms with van der Waals surface area (Å²) in [6, 6.07) is 16.5. The van der Waals surface area contributed by atoms with Crippen molar-refractivity contribution in [1.29, 1.82) is 0 Å². The minimum Gasteiger partial charge on any atom is -0.345 e. The summed E-state index contributed by atoms with van der Waals surface area (Å²) in [7, 11) is -8.06. The first-order valence-electron chi connectivity index (χ1n) is 18.3. The summed E-state index contributed by atoms with van der Waals surface area (Å²) in [5.41, 5.74) is 5.82. The molecule has 2 saturated heterocycles. The van der Waals surface area contributed by atoms with E-state index in [-0.39, 0.29) is 26.2 Å². The molecular formula is C40H36Cl2F4N6O4S4. The Bertz CT molecular complexity index is 2530. The van der Waals surface area contributed by atoms with E-state index >= 15 is 0 Å². The Morgan fingerprint density at radius 1 is 0.533 bits per heavy atom. The van der Waals surface area contributed by atoms with Crippen LogP contribution in [0.25, 0.3) is 22.5 Å². The highest BCUT2D eigenvalue weighted by molar-refractivity contribution is 7.89. The van der Waals surface area contributed by atoms with Crippen LogP contribution in [0.15, 0.2) is 93.3 Å². The van der Waals surface area contributed by atoms with Crippen LogP contribution in [0.5, 0.6) is 0 Å². The molecule has 4 heterocycles. The molecular weight excluding hydrogens is 904 g/mol. The predicted molar refractivity (Wildman–Crippen MR) is 229 cm³/mol. The van der Waals surface area contributed by atoms with Crippen LogP contribution in [0.1, 0.15) is 11.1 Å². The van der Waals surface area contributed by atoms with Gasteiger partial charge in [0, 0.05) is 96.4 Å². The van der Waals surface area contributed by atoms with Crippen LogP contribution < -0.4 is 9.80 Å². The fraction of sp³-hybridized carbons (Fsp3) is 0.250. The molecule has 0 unspecified atom stereocenters. The second-order valence-electron chi connectivity index (χ2n) is 14.0. The molecule has 60 heavy (non-hydrogen) atoms. The molecule has 2 aliphatic rings. The number of rotatable bonds is 8. The van der Waals surface area contributed by atoms with Gasteiger partial charge in [-0.1, -0.05) is 40.4 Å². The van der Waals surface area contributed by atoms with Gasteiger partial charge in [-0.3, -0.25) is 0 Å². The number of halogens is 6. The van der Waals surface area contributed by atoms with Crippen LogP contribution in [-0.4, -0.2) is 87.8 Å². The minimum atomic E-state index is -4.04. The molecule has 0 atom stereocenters. The van der Waals surface area contributed by atoms with Crippen molar-refractivity contribution >= 4 is 76.2 Å². The zero-order chi connectivity index (χ0) is 42.9. The molecule has 0 amide bonds. The summed E-state index contributed by atoms with van der Waals surface area (Å²) in [5.74, 6) is -3.80. The average molecular weight is 940 g/mol. The van der Waals surface area contributed by atoms with Crippen LogP contribution in [0.4, 0.5) is 27.8 Å². The fourth-order valence-electron chi connectivity index (χ4n) is 6.79. The number of benzene rings is 4. The standard InChI is InChI=1S/C21H21F2N3O2S2.C19H15Cl2F2N3O2S2/c1-14-9-15(2)11-16(10-14)19-13-29-21(24-19)25-5-7-26(8-6-25)30(27,28)20-4-3-17(22)12-18(20)23;20-13-7-12(8-14(21)9-13)17-11-29-19(24-17)25-3-5-26(6-4-25)30(27,28)18-2-1-15(22)10-16(18)23/h3-4,9-13H,5-8H2,1-2H3;1-2,7-11H,3-6H2. The van der Waals surface area contributed by atoms with Gasteiger partial charge in [0.05, 0.1) is 11.4 Å². The Hall–Kier alpha value is -4.14. The SMILES string of the molecule is Cc1cc(C)cc(-c2csc(N3CCN(S(=O)(=O)c4ccc(F)cc4F)CC3)n2)c1.O=S(=O)(c1ccc(F)cc1F)N1CCN(c2nc(-c3cc(Cl)cc(Cl)c3)cs2)CC1. The molecule has 10 nitrogen and oxygen atoms in total. The van der Waals surface area contributed by atoms with Crippen molar-refractivity contribution in [1.82, 2.24) is 18.6 Å². The summed E-state index contributed by atoms with van der Waals surface area (Å²) < 4.78 is 108. The third-order valence-corrected chi connectivity index (χ3v) is 15.8. The van der Waals surface area contributed by atoms with Gasteiger partial charge >= 0.3 is 0 Å². The lowest BCUT2D eigenvalue weighted by Gasteiger charge is -2.33. The zero-order valence-corrected chi connectivity index (χ0v) is 36.7. The van der Waals surface area contributed by atoms with Crippen LogP contribution in [-0.2, 0) is 20.0 Å². The van der Waals surface area contributed by atoms with Crippen molar-refractivity contribution in [3.63, 3.8) is 0 Å². The maximum atomic E-state index is 14.0. The molecule has 0 N–H and O–H groups in total. The topological polar surface area (TPSA) is 107 Å². The molecule has 4 aromatic carbocycles.